The molecule has 3 rings (SSSR count). The molecule has 0 bridgehead atoms. The predicted octanol–water partition coefficient (Wildman–Crippen LogP) is 3.26. The number of thioether (sulfide) groups is 1. The van der Waals surface area contributed by atoms with Gasteiger partial charge in [-0.3, -0.25) is 4.79 Å². The molecule has 0 aliphatic heterocycles. The predicted molar refractivity (Wildman–Crippen MR) is 98.4 cm³/mol. The second-order valence-electron chi connectivity index (χ2n) is 6.31. The zero-order valence-electron chi connectivity index (χ0n) is 14.0. The summed E-state index contributed by atoms with van der Waals surface area (Å²) in [5.74, 6) is 2.09. The van der Waals surface area contributed by atoms with Crippen molar-refractivity contribution in [1.82, 2.24) is 20.1 Å². The molecule has 0 saturated heterocycles. The number of rotatable bonds is 7. The van der Waals surface area contributed by atoms with E-state index in [0.717, 1.165) is 23.9 Å². The maximum atomic E-state index is 12.0. The molecule has 1 fully saturated rings. The minimum Gasteiger partial charge on any atom is -0.355 e. The third-order valence-electron chi connectivity index (χ3n) is 4.48. The number of carbonyl (C=O) groups is 1. The molecule has 0 atom stereocenters. The second-order valence-corrected chi connectivity index (χ2v) is 8.29. The topological polar surface area (TPSA) is 59.8 Å². The van der Waals surface area contributed by atoms with Crippen LogP contribution in [0, 0.1) is 5.92 Å². The van der Waals surface area contributed by atoms with Crippen molar-refractivity contribution in [2.45, 2.75) is 43.7 Å². The van der Waals surface area contributed by atoms with Crippen molar-refractivity contribution >= 4 is 29.0 Å². The molecule has 1 saturated carbocycles. The van der Waals surface area contributed by atoms with E-state index < -0.39 is 0 Å². The summed E-state index contributed by atoms with van der Waals surface area (Å²) in [7, 11) is 1.96. The quantitative estimate of drug-likeness (QED) is 0.766. The highest BCUT2D eigenvalue weighted by molar-refractivity contribution is 7.99. The molecular weight excluding hydrogens is 340 g/mol. The molecular formula is C17H24N4OS2. The molecule has 0 unspecified atom stereocenters. The number of thiophene rings is 1. The van der Waals surface area contributed by atoms with Gasteiger partial charge in [0.25, 0.3) is 0 Å². The van der Waals surface area contributed by atoms with Crippen LogP contribution in [-0.2, 0) is 18.3 Å². The van der Waals surface area contributed by atoms with Crippen molar-refractivity contribution in [3.63, 3.8) is 0 Å². The molecule has 130 valence electrons. The highest BCUT2D eigenvalue weighted by Gasteiger charge is 2.15. The van der Waals surface area contributed by atoms with E-state index >= 15 is 0 Å². The molecule has 2 aromatic rings. The van der Waals surface area contributed by atoms with E-state index in [9.17, 15) is 4.79 Å². The Morgan fingerprint density at radius 1 is 1.38 bits per heavy atom. The molecule has 0 spiro atoms. The fourth-order valence-electron chi connectivity index (χ4n) is 3.02. The van der Waals surface area contributed by atoms with Crippen LogP contribution in [0.15, 0.2) is 22.7 Å². The molecule has 24 heavy (non-hydrogen) atoms. The molecule has 2 aromatic heterocycles. The van der Waals surface area contributed by atoms with Crippen LogP contribution in [0.1, 0.15) is 42.8 Å². The summed E-state index contributed by atoms with van der Waals surface area (Å²) < 4.78 is 1.98. The Kier molecular flexibility index (Phi) is 6.31. The van der Waals surface area contributed by atoms with Crippen LogP contribution in [0.4, 0.5) is 0 Å². The maximum Gasteiger partial charge on any atom is 0.230 e. The lowest BCUT2D eigenvalue weighted by Gasteiger charge is -2.21. The van der Waals surface area contributed by atoms with Crippen LogP contribution in [0.5, 0.6) is 0 Å². The fourth-order valence-corrected chi connectivity index (χ4v) is 4.49. The molecule has 0 aromatic carbocycles. The number of nitrogens with one attached hydrogen (secondary N) is 1. The largest absolute Gasteiger partial charge is 0.355 e. The summed E-state index contributed by atoms with van der Waals surface area (Å²) in [6.45, 7) is 0.821. The van der Waals surface area contributed by atoms with Crippen molar-refractivity contribution in [3.8, 4) is 0 Å². The molecule has 1 aliphatic carbocycles. The number of amides is 1. The summed E-state index contributed by atoms with van der Waals surface area (Å²) in [5.41, 5.74) is 0. The van der Waals surface area contributed by atoms with Gasteiger partial charge in [0.15, 0.2) is 5.16 Å². The average Bonchev–Trinajstić information content (AvgIpc) is 3.24. The summed E-state index contributed by atoms with van der Waals surface area (Å²) in [6.07, 6.45) is 7.25. The Labute approximate surface area is 151 Å². The maximum absolute atomic E-state index is 12.0. The van der Waals surface area contributed by atoms with E-state index in [1.807, 2.05) is 17.7 Å². The van der Waals surface area contributed by atoms with Gasteiger partial charge in [-0.2, -0.15) is 0 Å². The highest BCUT2D eigenvalue weighted by atomic mass is 32.2. The first-order chi connectivity index (χ1) is 11.7. The smallest absolute Gasteiger partial charge is 0.230 e. The Balaban J connectivity index is 1.44. The summed E-state index contributed by atoms with van der Waals surface area (Å²) in [5, 5.41) is 14.4. The molecule has 2 heterocycles. The molecule has 1 amide bonds. The summed E-state index contributed by atoms with van der Waals surface area (Å²) in [6, 6.07) is 4.15. The van der Waals surface area contributed by atoms with Gasteiger partial charge >= 0.3 is 0 Å². The van der Waals surface area contributed by atoms with Crippen molar-refractivity contribution < 1.29 is 4.79 Å². The normalized spacial score (nSPS) is 15.5. The number of carbonyl (C=O) groups excluding carboxylic acids is 1. The van der Waals surface area contributed by atoms with Gasteiger partial charge in [-0.15, -0.1) is 21.5 Å². The first kappa shape index (κ1) is 17.5. The number of hydrogen-bond donors (Lipinski definition) is 1. The zero-order chi connectivity index (χ0) is 16.8. The van der Waals surface area contributed by atoms with Gasteiger partial charge in [0.1, 0.15) is 5.82 Å². The molecule has 5 nitrogen and oxygen atoms in total. The van der Waals surface area contributed by atoms with E-state index in [1.54, 1.807) is 11.3 Å². The van der Waals surface area contributed by atoms with E-state index in [1.165, 1.54) is 48.7 Å². The highest BCUT2D eigenvalue weighted by Crippen LogP contribution is 2.23. The zero-order valence-corrected chi connectivity index (χ0v) is 15.7. The number of nitrogens with zero attached hydrogens (tertiary/aromatic N) is 3. The van der Waals surface area contributed by atoms with Gasteiger partial charge in [0.05, 0.1) is 5.75 Å². The van der Waals surface area contributed by atoms with Gasteiger partial charge in [0.2, 0.25) is 5.91 Å². The minimum absolute atomic E-state index is 0.0911. The minimum atomic E-state index is 0.0911. The summed E-state index contributed by atoms with van der Waals surface area (Å²) >= 11 is 3.18. The third kappa shape index (κ3) is 4.83. The molecule has 0 radical (unpaired) electrons. The van der Waals surface area contributed by atoms with Gasteiger partial charge in [-0.1, -0.05) is 37.1 Å². The Morgan fingerprint density at radius 2 is 2.21 bits per heavy atom. The third-order valence-corrected chi connectivity index (χ3v) is 6.38. The Hall–Kier alpha value is -1.34. The van der Waals surface area contributed by atoms with Crippen molar-refractivity contribution in [3.05, 3.63) is 28.2 Å². The van der Waals surface area contributed by atoms with Crippen LogP contribution in [0.3, 0.4) is 0 Å². The lowest BCUT2D eigenvalue weighted by Crippen LogP contribution is -2.31. The van der Waals surface area contributed by atoms with E-state index in [-0.39, 0.29) is 5.91 Å². The molecule has 7 heteroatoms. The SMILES string of the molecule is Cn1c(Cc2cccs2)nnc1SCC(=O)NCC1CCCCC1. The Bertz CT molecular complexity index is 648. The first-order valence-electron chi connectivity index (χ1n) is 8.52. The first-order valence-corrected chi connectivity index (χ1v) is 10.4. The number of hydrogen-bond acceptors (Lipinski definition) is 5. The van der Waals surface area contributed by atoms with Crippen molar-refractivity contribution in [2.24, 2.45) is 13.0 Å². The monoisotopic (exact) mass is 364 g/mol. The molecule has 1 N–H and O–H groups in total. The second kappa shape index (κ2) is 8.67. The van der Waals surface area contributed by atoms with Gasteiger partial charge in [-0.25, -0.2) is 0 Å². The Morgan fingerprint density at radius 3 is 2.96 bits per heavy atom. The van der Waals surface area contributed by atoms with Gasteiger partial charge < -0.3 is 9.88 Å². The standard InChI is InChI=1S/C17H24N4OS2/c1-21-15(10-14-8-5-9-23-14)19-20-17(21)24-12-16(22)18-11-13-6-3-2-4-7-13/h5,8-9,13H,2-4,6-7,10-12H2,1H3,(H,18,22). The van der Waals surface area contributed by atoms with Crippen LogP contribution in [-0.4, -0.2) is 33.0 Å². The molecule has 1 aliphatic rings. The summed E-state index contributed by atoms with van der Waals surface area (Å²) in [4.78, 5) is 13.3. The van der Waals surface area contributed by atoms with Crippen LogP contribution in [0.2, 0.25) is 0 Å². The van der Waals surface area contributed by atoms with E-state index in [4.69, 9.17) is 0 Å². The van der Waals surface area contributed by atoms with Crippen LogP contribution in [0.25, 0.3) is 0 Å². The lowest BCUT2D eigenvalue weighted by molar-refractivity contribution is -0.118. The van der Waals surface area contributed by atoms with Crippen LogP contribution < -0.4 is 5.32 Å². The van der Waals surface area contributed by atoms with Gasteiger partial charge in [-0.05, 0) is 30.2 Å². The fraction of sp³-hybridized carbons (Fsp3) is 0.588. The van der Waals surface area contributed by atoms with E-state index in [2.05, 4.69) is 27.0 Å². The van der Waals surface area contributed by atoms with Crippen LogP contribution >= 0.6 is 23.1 Å². The number of aromatic nitrogens is 3. The van der Waals surface area contributed by atoms with Gasteiger partial charge in [0, 0.05) is 24.9 Å². The van der Waals surface area contributed by atoms with E-state index in [0.29, 0.717) is 11.7 Å². The van der Waals surface area contributed by atoms with Crippen molar-refractivity contribution in [1.29, 1.82) is 0 Å². The average molecular weight is 365 g/mol. The van der Waals surface area contributed by atoms with Crippen molar-refractivity contribution in [2.75, 3.05) is 12.3 Å². The lowest BCUT2D eigenvalue weighted by atomic mass is 9.89.